The topological polar surface area (TPSA) is 104 Å². The van der Waals surface area contributed by atoms with Crippen LogP contribution in [0.5, 0.6) is 0 Å². The van der Waals surface area contributed by atoms with E-state index in [1.807, 2.05) is 30.3 Å². The van der Waals surface area contributed by atoms with E-state index in [1.165, 1.54) is 0 Å². The monoisotopic (exact) mass is 205 g/mol. The molecule has 1 amide bonds. The molecule has 0 aliphatic carbocycles. The minimum absolute atomic E-state index is 0.342. The third-order valence-corrected chi connectivity index (χ3v) is 1.64. The van der Waals surface area contributed by atoms with Crippen molar-refractivity contribution in [1.82, 2.24) is 5.43 Å². The van der Waals surface area contributed by atoms with E-state index < -0.39 is 5.91 Å². The predicted octanol–water partition coefficient (Wildman–Crippen LogP) is 0.606. The van der Waals surface area contributed by atoms with Crippen molar-refractivity contribution in [3.63, 3.8) is 0 Å². The number of hydrogen-bond acceptors (Lipinski definition) is 4. The molecular weight excluding hydrogens is 194 g/mol. The molecule has 0 saturated carbocycles. The van der Waals surface area contributed by atoms with Gasteiger partial charge in [0.25, 0.3) is 11.7 Å². The number of hydrogen-bond donors (Lipinski definition) is 3. The van der Waals surface area contributed by atoms with Crippen molar-refractivity contribution in [1.29, 1.82) is 5.53 Å². The summed E-state index contributed by atoms with van der Waals surface area (Å²) in [6.07, 6.45) is 0. The molecule has 15 heavy (non-hydrogen) atoms. The second kappa shape index (κ2) is 5.48. The molecule has 1 aromatic carbocycles. The van der Waals surface area contributed by atoms with Gasteiger partial charge < -0.3 is 11.2 Å². The molecule has 1 rings (SSSR count). The molecule has 4 N–H and O–H groups in total. The maximum Gasteiger partial charge on any atom is 0.290 e. The molecule has 0 unspecified atom stereocenters. The second-order valence-corrected chi connectivity index (χ2v) is 2.73. The first kappa shape index (κ1) is 10.8. The molecule has 6 heteroatoms. The number of carbonyl (C=O) groups excluding carboxylic acids is 1. The fourth-order valence-electron chi connectivity index (χ4n) is 0.937. The average Bonchev–Trinajstić information content (AvgIpc) is 2.25. The van der Waals surface area contributed by atoms with Gasteiger partial charge in [0.2, 0.25) is 0 Å². The lowest BCUT2D eigenvalue weighted by atomic mass is 10.2. The van der Waals surface area contributed by atoms with Gasteiger partial charge >= 0.3 is 0 Å². The van der Waals surface area contributed by atoms with Crippen molar-refractivity contribution < 1.29 is 4.79 Å². The number of amidine groups is 1. The quantitative estimate of drug-likeness (QED) is 0.291. The number of amides is 1. The second-order valence-electron chi connectivity index (χ2n) is 2.73. The molecule has 0 heterocycles. The van der Waals surface area contributed by atoms with Gasteiger partial charge in [-0.3, -0.25) is 4.79 Å². The van der Waals surface area contributed by atoms with Crippen LogP contribution in [0.15, 0.2) is 40.5 Å². The van der Waals surface area contributed by atoms with Crippen molar-refractivity contribution >= 4 is 11.7 Å². The van der Waals surface area contributed by atoms with E-state index in [0.29, 0.717) is 6.54 Å². The minimum Gasteiger partial charge on any atom is -0.363 e. The third kappa shape index (κ3) is 3.55. The van der Waals surface area contributed by atoms with Crippen LogP contribution in [0.3, 0.4) is 0 Å². The van der Waals surface area contributed by atoms with E-state index in [2.05, 4.69) is 15.6 Å². The van der Waals surface area contributed by atoms with E-state index in [-0.39, 0.29) is 5.84 Å². The molecule has 0 aromatic heterocycles. The molecule has 0 aliphatic rings. The van der Waals surface area contributed by atoms with Crippen molar-refractivity contribution in [3.8, 4) is 0 Å². The van der Waals surface area contributed by atoms with Crippen LogP contribution in [0.2, 0.25) is 0 Å². The molecule has 0 spiro atoms. The molecule has 1 aromatic rings. The molecule has 0 bridgehead atoms. The molecule has 6 nitrogen and oxygen atoms in total. The van der Waals surface area contributed by atoms with Gasteiger partial charge in [0.1, 0.15) is 0 Å². The zero-order chi connectivity index (χ0) is 11.1. The summed E-state index contributed by atoms with van der Waals surface area (Å²) < 4.78 is 0. The normalized spacial score (nSPS) is 10.8. The van der Waals surface area contributed by atoms with Crippen molar-refractivity contribution in [2.24, 2.45) is 15.9 Å². The molecule has 0 atom stereocenters. The molecular formula is C9H11N5O. The van der Waals surface area contributed by atoms with E-state index in [1.54, 1.807) is 0 Å². The Bertz CT molecular complexity index is 373. The van der Waals surface area contributed by atoms with Crippen LogP contribution in [0.25, 0.3) is 0 Å². The fraction of sp³-hybridized carbons (Fsp3) is 0.111. The number of nitrogens with two attached hydrogens (primary N) is 1. The third-order valence-electron chi connectivity index (χ3n) is 1.64. The predicted molar refractivity (Wildman–Crippen MR) is 55.1 cm³/mol. The number of rotatable bonds is 3. The van der Waals surface area contributed by atoms with Gasteiger partial charge in [0, 0.05) is 0 Å². The summed E-state index contributed by atoms with van der Waals surface area (Å²) in [4.78, 5) is 10.6. The number of primary amides is 1. The highest BCUT2D eigenvalue weighted by Crippen LogP contribution is 1.96. The molecule has 0 saturated heterocycles. The zero-order valence-corrected chi connectivity index (χ0v) is 7.97. The van der Waals surface area contributed by atoms with Gasteiger partial charge in [-0.25, -0.2) is 5.53 Å². The Kier molecular flexibility index (Phi) is 3.96. The Morgan fingerprint density at radius 1 is 1.40 bits per heavy atom. The Balaban J connectivity index is 2.51. The van der Waals surface area contributed by atoms with Crippen molar-refractivity contribution in [2.75, 3.05) is 0 Å². The Morgan fingerprint density at radius 3 is 2.60 bits per heavy atom. The summed E-state index contributed by atoms with van der Waals surface area (Å²) in [5.41, 5.74) is 15.1. The van der Waals surface area contributed by atoms with Crippen LogP contribution in [-0.4, -0.2) is 11.7 Å². The van der Waals surface area contributed by atoms with Gasteiger partial charge in [-0.15, -0.1) is 5.11 Å². The van der Waals surface area contributed by atoms with Gasteiger partial charge in [-0.1, -0.05) is 30.3 Å². The summed E-state index contributed by atoms with van der Waals surface area (Å²) in [6, 6.07) is 9.50. The summed E-state index contributed by atoms with van der Waals surface area (Å²) in [7, 11) is 0. The standard InChI is InChI=1S/C9H11N5O/c10-8(15)9(13-11)14-12-6-7-4-2-1-3-5-7/h1-5,11-12H,6H2,(H2,10,15)/b13-11?,14-9-. The zero-order valence-electron chi connectivity index (χ0n) is 7.97. The SMILES string of the molecule is N=N/C(=N\NCc1ccccc1)C(N)=O. The van der Waals surface area contributed by atoms with Crippen LogP contribution in [0, 0.1) is 5.53 Å². The summed E-state index contributed by atoms with van der Waals surface area (Å²) in [5.74, 6) is -1.17. The lowest BCUT2D eigenvalue weighted by Gasteiger charge is -2.00. The Hall–Kier alpha value is -2.24. The highest BCUT2D eigenvalue weighted by Gasteiger charge is 2.03. The number of nitrogens with zero attached hydrogens (tertiary/aromatic N) is 2. The Morgan fingerprint density at radius 2 is 2.07 bits per heavy atom. The summed E-state index contributed by atoms with van der Waals surface area (Å²) in [6.45, 7) is 0.452. The van der Waals surface area contributed by atoms with E-state index in [4.69, 9.17) is 11.3 Å². The van der Waals surface area contributed by atoms with Crippen molar-refractivity contribution in [3.05, 3.63) is 35.9 Å². The van der Waals surface area contributed by atoms with Crippen LogP contribution in [0.1, 0.15) is 5.56 Å². The van der Waals surface area contributed by atoms with E-state index >= 15 is 0 Å². The molecule has 0 radical (unpaired) electrons. The number of benzene rings is 1. The van der Waals surface area contributed by atoms with Gasteiger partial charge in [-0.2, -0.15) is 5.10 Å². The van der Waals surface area contributed by atoms with Gasteiger partial charge in [0.15, 0.2) is 0 Å². The number of carbonyl (C=O) groups is 1. The van der Waals surface area contributed by atoms with Gasteiger partial charge in [0.05, 0.1) is 6.54 Å². The summed E-state index contributed by atoms with van der Waals surface area (Å²) in [5, 5.41) is 6.46. The summed E-state index contributed by atoms with van der Waals surface area (Å²) >= 11 is 0. The maximum atomic E-state index is 10.6. The first-order valence-corrected chi connectivity index (χ1v) is 4.26. The maximum absolute atomic E-state index is 10.6. The van der Waals surface area contributed by atoms with Crippen LogP contribution in [-0.2, 0) is 11.3 Å². The molecule has 78 valence electrons. The largest absolute Gasteiger partial charge is 0.363 e. The van der Waals surface area contributed by atoms with E-state index in [0.717, 1.165) is 5.56 Å². The average molecular weight is 205 g/mol. The lowest BCUT2D eigenvalue weighted by Crippen LogP contribution is -2.23. The fourth-order valence-corrected chi connectivity index (χ4v) is 0.937. The molecule has 0 fully saturated rings. The minimum atomic E-state index is -0.828. The van der Waals surface area contributed by atoms with Crippen LogP contribution < -0.4 is 11.2 Å². The smallest absolute Gasteiger partial charge is 0.290 e. The van der Waals surface area contributed by atoms with Gasteiger partial charge in [-0.05, 0) is 5.56 Å². The highest BCUT2D eigenvalue weighted by atomic mass is 16.1. The number of nitrogens with one attached hydrogen (secondary N) is 2. The first-order valence-electron chi connectivity index (χ1n) is 4.26. The first-order chi connectivity index (χ1) is 7.24. The highest BCUT2D eigenvalue weighted by molar-refractivity contribution is 6.37. The van der Waals surface area contributed by atoms with Crippen LogP contribution >= 0.6 is 0 Å². The lowest BCUT2D eigenvalue weighted by molar-refractivity contribution is -0.112. The van der Waals surface area contributed by atoms with Crippen molar-refractivity contribution in [2.45, 2.75) is 6.54 Å². The van der Waals surface area contributed by atoms with E-state index in [9.17, 15) is 4.79 Å². The molecule has 0 aliphatic heterocycles. The van der Waals surface area contributed by atoms with Crippen LogP contribution in [0.4, 0.5) is 0 Å². The number of hydrazone groups is 1. The Labute approximate surface area is 86.7 Å².